The molecular formula is C20H18N6O3S. The number of nitrogens with zero attached hydrogens (tertiary/aromatic N) is 4. The second-order valence-electron chi connectivity index (χ2n) is 5.97. The van der Waals surface area contributed by atoms with Gasteiger partial charge in [-0.2, -0.15) is 5.26 Å². The average molecular weight is 422 g/mol. The summed E-state index contributed by atoms with van der Waals surface area (Å²) in [5.74, 6) is 0.629. The molecule has 9 nitrogen and oxygen atoms in total. The van der Waals surface area contributed by atoms with E-state index in [2.05, 4.69) is 25.6 Å². The molecule has 2 N–H and O–H groups in total. The third-order valence-electron chi connectivity index (χ3n) is 4.00. The zero-order valence-electron chi connectivity index (χ0n) is 16.0. The first kappa shape index (κ1) is 20.8. The summed E-state index contributed by atoms with van der Waals surface area (Å²) < 4.78 is 30.6. The van der Waals surface area contributed by atoms with Crippen LogP contribution in [0.4, 0.5) is 5.69 Å². The lowest BCUT2D eigenvalue weighted by atomic mass is 10.2. The number of nitriles is 1. The van der Waals surface area contributed by atoms with Crippen molar-refractivity contribution in [2.45, 2.75) is 16.3 Å². The van der Waals surface area contributed by atoms with Crippen LogP contribution in [0.2, 0.25) is 0 Å². The number of sulfone groups is 1. The van der Waals surface area contributed by atoms with E-state index >= 15 is 0 Å². The monoisotopic (exact) mass is 422 g/mol. The number of aliphatic imine (C=N–C) groups is 1. The molecule has 3 rings (SSSR count). The van der Waals surface area contributed by atoms with E-state index in [1.165, 1.54) is 37.7 Å². The van der Waals surface area contributed by atoms with E-state index in [1.54, 1.807) is 36.7 Å². The standard InChI is InChI=1S/C20H18N6O3S/c1-29-17-10-19(13-23-12-17)30(27,28)18-4-2-15(3-5-18)11-24-20(25-14-21)26-16-6-8-22-9-7-16/h2-10,12-13H,11H2,1H3,(H2,22,24,25,26). The lowest BCUT2D eigenvalue weighted by molar-refractivity contribution is 0.411. The highest BCUT2D eigenvalue weighted by molar-refractivity contribution is 7.91. The van der Waals surface area contributed by atoms with Crippen molar-refractivity contribution in [1.82, 2.24) is 15.3 Å². The fourth-order valence-electron chi connectivity index (χ4n) is 2.47. The minimum Gasteiger partial charge on any atom is -0.495 e. The maximum absolute atomic E-state index is 12.8. The number of anilines is 1. The topological polar surface area (TPSA) is 129 Å². The molecule has 0 amide bonds. The molecule has 30 heavy (non-hydrogen) atoms. The molecule has 152 valence electrons. The fraction of sp³-hybridized carbons (Fsp3) is 0.100. The molecule has 2 aromatic heterocycles. The molecule has 2 heterocycles. The maximum Gasteiger partial charge on any atom is 0.209 e. The van der Waals surface area contributed by atoms with Gasteiger partial charge in [0.15, 0.2) is 6.19 Å². The highest BCUT2D eigenvalue weighted by Crippen LogP contribution is 2.23. The van der Waals surface area contributed by atoms with Crippen LogP contribution in [0, 0.1) is 11.5 Å². The van der Waals surface area contributed by atoms with E-state index in [0.717, 1.165) is 11.3 Å². The first-order chi connectivity index (χ1) is 14.5. The van der Waals surface area contributed by atoms with E-state index in [-0.39, 0.29) is 22.3 Å². The predicted octanol–water partition coefficient (Wildman–Crippen LogP) is 2.36. The van der Waals surface area contributed by atoms with Gasteiger partial charge >= 0.3 is 0 Å². The predicted molar refractivity (Wildman–Crippen MR) is 110 cm³/mol. The molecule has 0 atom stereocenters. The smallest absolute Gasteiger partial charge is 0.209 e. The van der Waals surface area contributed by atoms with E-state index in [1.807, 2.05) is 6.19 Å². The summed E-state index contributed by atoms with van der Waals surface area (Å²) in [6.45, 7) is 0.239. The summed E-state index contributed by atoms with van der Waals surface area (Å²) in [7, 11) is -2.27. The second-order valence-corrected chi connectivity index (χ2v) is 7.92. The molecule has 3 aromatic rings. The summed E-state index contributed by atoms with van der Waals surface area (Å²) in [6, 6.07) is 11.2. The number of hydrogen-bond acceptors (Lipinski definition) is 7. The van der Waals surface area contributed by atoms with Crippen LogP contribution < -0.4 is 15.4 Å². The first-order valence-electron chi connectivity index (χ1n) is 8.72. The second kappa shape index (κ2) is 9.49. The molecule has 0 aliphatic carbocycles. The van der Waals surface area contributed by atoms with Gasteiger partial charge in [-0.3, -0.25) is 15.3 Å². The number of benzene rings is 1. The zero-order chi connectivity index (χ0) is 21.4. The Hall–Kier alpha value is -3.97. The average Bonchev–Trinajstić information content (AvgIpc) is 2.78. The van der Waals surface area contributed by atoms with Crippen molar-refractivity contribution in [1.29, 1.82) is 5.26 Å². The van der Waals surface area contributed by atoms with Crippen LogP contribution in [0.1, 0.15) is 5.56 Å². The van der Waals surface area contributed by atoms with Gasteiger partial charge in [0, 0.05) is 30.3 Å². The van der Waals surface area contributed by atoms with Gasteiger partial charge in [0.25, 0.3) is 0 Å². The van der Waals surface area contributed by atoms with Gasteiger partial charge in [-0.05, 0) is 29.8 Å². The largest absolute Gasteiger partial charge is 0.495 e. The molecule has 0 bridgehead atoms. The summed E-state index contributed by atoms with van der Waals surface area (Å²) in [5, 5.41) is 14.4. The molecule has 0 fully saturated rings. The third kappa shape index (κ3) is 5.09. The van der Waals surface area contributed by atoms with Gasteiger partial charge in [0.1, 0.15) is 5.75 Å². The van der Waals surface area contributed by atoms with E-state index in [0.29, 0.717) is 5.75 Å². The maximum atomic E-state index is 12.8. The van der Waals surface area contributed by atoms with Crippen LogP contribution in [0.15, 0.2) is 82.0 Å². The van der Waals surface area contributed by atoms with Gasteiger partial charge in [-0.25, -0.2) is 13.4 Å². The number of ether oxygens (including phenoxy) is 1. The van der Waals surface area contributed by atoms with Gasteiger partial charge < -0.3 is 10.1 Å². The minimum absolute atomic E-state index is 0.0506. The van der Waals surface area contributed by atoms with E-state index in [9.17, 15) is 8.42 Å². The molecule has 0 unspecified atom stereocenters. The number of aromatic nitrogens is 2. The lowest BCUT2D eigenvalue weighted by Crippen LogP contribution is -2.26. The minimum atomic E-state index is -3.72. The van der Waals surface area contributed by atoms with E-state index < -0.39 is 9.84 Å². The molecule has 0 saturated carbocycles. The Bertz CT molecular complexity index is 1170. The molecule has 0 spiro atoms. The summed E-state index contributed by atoms with van der Waals surface area (Å²) >= 11 is 0. The molecule has 0 saturated heterocycles. The lowest BCUT2D eigenvalue weighted by Gasteiger charge is -2.08. The number of pyridine rings is 2. The van der Waals surface area contributed by atoms with Gasteiger partial charge in [0.05, 0.1) is 29.6 Å². The van der Waals surface area contributed by atoms with Crippen LogP contribution in [0.25, 0.3) is 0 Å². The van der Waals surface area contributed by atoms with Crippen molar-refractivity contribution in [2.75, 3.05) is 12.4 Å². The Morgan fingerprint density at radius 3 is 2.50 bits per heavy atom. The van der Waals surface area contributed by atoms with Crippen molar-refractivity contribution in [3.05, 3.63) is 72.8 Å². The number of rotatable bonds is 6. The Kier molecular flexibility index (Phi) is 6.56. The molecule has 10 heteroatoms. The van der Waals surface area contributed by atoms with Crippen molar-refractivity contribution < 1.29 is 13.2 Å². The number of hydrogen-bond donors (Lipinski definition) is 2. The van der Waals surface area contributed by atoms with Crippen LogP contribution in [0.5, 0.6) is 5.75 Å². The first-order valence-corrected chi connectivity index (χ1v) is 10.2. The number of nitrogens with one attached hydrogen (secondary N) is 2. The zero-order valence-corrected chi connectivity index (χ0v) is 16.8. The molecular weight excluding hydrogens is 404 g/mol. The summed E-state index contributed by atoms with van der Waals surface area (Å²) in [6.07, 6.45) is 7.77. The Morgan fingerprint density at radius 1 is 1.10 bits per heavy atom. The van der Waals surface area contributed by atoms with Crippen LogP contribution >= 0.6 is 0 Å². The van der Waals surface area contributed by atoms with Crippen LogP contribution in [0.3, 0.4) is 0 Å². The molecule has 0 radical (unpaired) electrons. The normalized spacial score (nSPS) is 11.4. The molecule has 0 aliphatic rings. The van der Waals surface area contributed by atoms with E-state index in [4.69, 9.17) is 10.00 Å². The van der Waals surface area contributed by atoms with Gasteiger partial charge in [-0.15, -0.1) is 0 Å². The van der Waals surface area contributed by atoms with Gasteiger partial charge in [-0.1, -0.05) is 12.1 Å². The van der Waals surface area contributed by atoms with Crippen molar-refractivity contribution in [3.8, 4) is 11.9 Å². The van der Waals surface area contributed by atoms with Crippen molar-refractivity contribution in [2.24, 2.45) is 4.99 Å². The number of guanidine groups is 1. The highest BCUT2D eigenvalue weighted by atomic mass is 32.2. The fourth-order valence-corrected chi connectivity index (χ4v) is 3.71. The quantitative estimate of drug-likeness (QED) is 0.268. The molecule has 1 aromatic carbocycles. The van der Waals surface area contributed by atoms with Crippen molar-refractivity contribution in [3.63, 3.8) is 0 Å². The van der Waals surface area contributed by atoms with Crippen molar-refractivity contribution >= 4 is 21.5 Å². The SMILES string of the molecule is COc1cncc(S(=O)(=O)c2ccc(CN=C(NC#N)Nc3ccncc3)cc2)c1. The van der Waals surface area contributed by atoms with Gasteiger partial charge in [0.2, 0.25) is 15.8 Å². The third-order valence-corrected chi connectivity index (χ3v) is 5.74. The summed E-state index contributed by atoms with van der Waals surface area (Å²) in [4.78, 5) is 12.3. The molecule has 0 aliphatic heterocycles. The van der Waals surface area contributed by atoms with Crippen LogP contribution in [-0.2, 0) is 16.4 Å². The Labute approximate surface area is 174 Å². The van der Waals surface area contributed by atoms with Crippen LogP contribution in [-0.4, -0.2) is 31.5 Å². The highest BCUT2D eigenvalue weighted by Gasteiger charge is 2.18. The summed E-state index contributed by atoms with van der Waals surface area (Å²) in [5.41, 5.74) is 1.49. The Balaban J connectivity index is 1.76. The number of methoxy groups -OCH3 is 1. The Morgan fingerprint density at radius 2 is 1.83 bits per heavy atom.